The van der Waals surface area contributed by atoms with E-state index in [2.05, 4.69) is 38.2 Å². The molecule has 0 aromatic heterocycles. The quantitative estimate of drug-likeness (QED) is 0.746. The molecule has 90 valence electrons. The Bertz CT molecular complexity index is 334. The van der Waals surface area contributed by atoms with Crippen LogP contribution in [0, 0.1) is 20.8 Å². The molecule has 0 spiro atoms. The maximum Gasteiger partial charge on any atom is 0.0474 e. The molecule has 0 heterocycles. The maximum absolute atomic E-state index is 5.01. The fourth-order valence-electron chi connectivity index (χ4n) is 1.78. The smallest absolute Gasteiger partial charge is 0.0474 e. The van der Waals surface area contributed by atoms with Crippen LogP contribution in [0.2, 0.25) is 0 Å². The van der Waals surface area contributed by atoms with Crippen LogP contribution in [0.25, 0.3) is 0 Å². The summed E-state index contributed by atoms with van der Waals surface area (Å²) in [6, 6.07) is 4.55. The van der Waals surface area contributed by atoms with Gasteiger partial charge in [0.15, 0.2) is 0 Å². The van der Waals surface area contributed by atoms with Crippen molar-refractivity contribution in [2.75, 3.05) is 20.3 Å². The molecule has 0 aliphatic carbocycles. The van der Waals surface area contributed by atoms with E-state index in [0.717, 1.165) is 26.1 Å². The Labute approximate surface area is 99.0 Å². The van der Waals surface area contributed by atoms with Gasteiger partial charge < -0.3 is 10.1 Å². The SMILES string of the molecule is COCCCNCc1cc(C)c(C)cc1C. The highest BCUT2D eigenvalue weighted by Crippen LogP contribution is 2.14. The predicted octanol–water partition coefficient (Wildman–Crippen LogP) is 2.74. The van der Waals surface area contributed by atoms with Crippen molar-refractivity contribution in [2.45, 2.75) is 33.7 Å². The van der Waals surface area contributed by atoms with Crippen LogP contribution >= 0.6 is 0 Å². The van der Waals surface area contributed by atoms with Gasteiger partial charge in [0, 0.05) is 20.3 Å². The zero-order chi connectivity index (χ0) is 12.0. The minimum atomic E-state index is 0.832. The fraction of sp³-hybridized carbons (Fsp3) is 0.571. The van der Waals surface area contributed by atoms with Gasteiger partial charge >= 0.3 is 0 Å². The Balaban J connectivity index is 2.45. The Morgan fingerprint density at radius 3 is 2.44 bits per heavy atom. The summed E-state index contributed by atoms with van der Waals surface area (Å²) >= 11 is 0. The standard InChI is InChI=1S/C14H23NO/c1-11-8-13(3)14(9-12(11)2)10-15-6-5-7-16-4/h8-9,15H,5-7,10H2,1-4H3. The zero-order valence-corrected chi connectivity index (χ0v) is 10.9. The van der Waals surface area contributed by atoms with Crippen molar-refractivity contribution in [1.82, 2.24) is 5.32 Å². The molecular weight excluding hydrogens is 198 g/mol. The van der Waals surface area contributed by atoms with Gasteiger partial charge in [-0.2, -0.15) is 0 Å². The maximum atomic E-state index is 5.01. The first-order valence-corrected chi connectivity index (χ1v) is 5.91. The molecule has 1 rings (SSSR count). The Morgan fingerprint density at radius 2 is 1.75 bits per heavy atom. The summed E-state index contributed by atoms with van der Waals surface area (Å²) in [6.45, 7) is 9.32. The van der Waals surface area contributed by atoms with Crippen molar-refractivity contribution >= 4 is 0 Å². The number of methoxy groups -OCH3 is 1. The average Bonchev–Trinajstić information content (AvgIpc) is 2.25. The Morgan fingerprint density at radius 1 is 1.06 bits per heavy atom. The highest BCUT2D eigenvalue weighted by molar-refractivity contribution is 5.36. The van der Waals surface area contributed by atoms with Crippen molar-refractivity contribution in [3.63, 3.8) is 0 Å². The van der Waals surface area contributed by atoms with Crippen LogP contribution in [0.3, 0.4) is 0 Å². The number of benzene rings is 1. The first-order valence-electron chi connectivity index (χ1n) is 5.91. The van der Waals surface area contributed by atoms with Gasteiger partial charge in [-0.15, -0.1) is 0 Å². The highest BCUT2D eigenvalue weighted by atomic mass is 16.5. The molecule has 1 aromatic rings. The average molecular weight is 221 g/mol. The second kappa shape index (κ2) is 6.66. The number of aryl methyl sites for hydroxylation is 3. The molecule has 0 aliphatic heterocycles. The molecule has 0 unspecified atom stereocenters. The lowest BCUT2D eigenvalue weighted by atomic mass is 10.0. The first-order chi connectivity index (χ1) is 7.65. The van der Waals surface area contributed by atoms with E-state index in [1.807, 2.05) is 0 Å². The minimum Gasteiger partial charge on any atom is -0.385 e. The van der Waals surface area contributed by atoms with Crippen LogP contribution in [0.1, 0.15) is 28.7 Å². The molecule has 0 radical (unpaired) electrons. The Kier molecular flexibility index (Phi) is 5.50. The van der Waals surface area contributed by atoms with Gasteiger partial charge in [-0.1, -0.05) is 12.1 Å². The summed E-state index contributed by atoms with van der Waals surface area (Å²) in [5.74, 6) is 0. The van der Waals surface area contributed by atoms with E-state index >= 15 is 0 Å². The molecule has 0 aliphatic rings. The van der Waals surface area contributed by atoms with Gasteiger partial charge in [0.05, 0.1) is 0 Å². The van der Waals surface area contributed by atoms with Crippen LogP contribution in [0.5, 0.6) is 0 Å². The van der Waals surface area contributed by atoms with Gasteiger partial charge in [-0.3, -0.25) is 0 Å². The number of hydrogen-bond acceptors (Lipinski definition) is 2. The van der Waals surface area contributed by atoms with E-state index in [1.165, 1.54) is 22.3 Å². The molecule has 2 heteroatoms. The molecule has 1 aromatic carbocycles. The van der Waals surface area contributed by atoms with E-state index in [-0.39, 0.29) is 0 Å². The van der Waals surface area contributed by atoms with E-state index < -0.39 is 0 Å². The van der Waals surface area contributed by atoms with Gasteiger partial charge in [-0.05, 0) is 56.0 Å². The van der Waals surface area contributed by atoms with E-state index in [0.29, 0.717) is 0 Å². The van der Waals surface area contributed by atoms with Crippen molar-refractivity contribution in [1.29, 1.82) is 0 Å². The van der Waals surface area contributed by atoms with Crippen molar-refractivity contribution in [3.05, 3.63) is 34.4 Å². The largest absolute Gasteiger partial charge is 0.385 e. The number of hydrogen-bond donors (Lipinski definition) is 1. The molecule has 16 heavy (non-hydrogen) atoms. The third-order valence-corrected chi connectivity index (χ3v) is 2.97. The molecule has 0 saturated carbocycles. The second-order valence-electron chi connectivity index (χ2n) is 4.39. The van der Waals surface area contributed by atoms with Crippen molar-refractivity contribution < 1.29 is 4.74 Å². The molecule has 0 atom stereocenters. The third-order valence-electron chi connectivity index (χ3n) is 2.97. The molecular formula is C14H23NO. The van der Waals surface area contributed by atoms with Crippen LogP contribution in [-0.2, 0) is 11.3 Å². The molecule has 1 N–H and O–H groups in total. The van der Waals surface area contributed by atoms with Gasteiger partial charge in [0.1, 0.15) is 0 Å². The van der Waals surface area contributed by atoms with Crippen LogP contribution in [0.15, 0.2) is 12.1 Å². The summed E-state index contributed by atoms with van der Waals surface area (Å²) in [4.78, 5) is 0. The Hall–Kier alpha value is -0.860. The highest BCUT2D eigenvalue weighted by Gasteiger charge is 2.01. The van der Waals surface area contributed by atoms with Crippen LogP contribution in [0.4, 0.5) is 0 Å². The van der Waals surface area contributed by atoms with Gasteiger partial charge in [-0.25, -0.2) is 0 Å². The molecule has 0 amide bonds. The number of rotatable bonds is 6. The lowest BCUT2D eigenvalue weighted by molar-refractivity contribution is 0.194. The molecule has 0 saturated heterocycles. The van der Waals surface area contributed by atoms with Crippen LogP contribution in [-0.4, -0.2) is 20.3 Å². The summed E-state index contributed by atoms with van der Waals surface area (Å²) in [7, 11) is 1.74. The number of ether oxygens (including phenoxy) is 1. The topological polar surface area (TPSA) is 21.3 Å². The normalized spacial score (nSPS) is 10.8. The van der Waals surface area contributed by atoms with Gasteiger partial charge in [0.25, 0.3) is 0 Å². The van der Waals surface area contributed by atoms with Crippen LogP contribution < -0.4 is 5.32 Å². The summed E-state index contributed by atoms with van der Waals surface area (Å²) in [5, 5.41) is 3.44. The van der Waals surface area contributed by atoms with E-state index in [9.17, 15) is 0 Å². The lowest BCUT2D eigenvalue weighted by Gasteiger charge is -2.10. The summed E-state index contributed by atoms with van der Waals surface area (Å²) in [6.07, 6.45) is 1.07. The molecule has 0 fully saturated rings. The summed E-state index contributed by atoms with van der Waals surface area (Å²) < 4.78 is 5.01. The monoisotopic (exact) mass is 221 g/mol. The lowest BCUT2D eigenvalue weighted by Crippen LogP contribution is -2.17. The predicted molar refractivity (Wildman–Crippen MR) is 68.9 cm³/mol. The first kappa shape index (κ1) is 13.2. The summed E-state index contributed by atoms with van der Waals surface area (Å²) in [5.41, 5.74) is 5.53. The third kappa shape index (κ3) is 3.95. The minimum absolute atomic E-state index is 0.832. The molecule has 0 bridgehead atoms. The van der Waals surface area contributed by atoms with E-state index in [1.54, 1.807) is 7.11 Å². The van der Waals surface area contributed by atoms with Crippen molar-refractivity contribution in [2.24, 2.45) is 0 Å². The fourth-order valence-corrected chi connectivity index (χ4v) is 1.78. The van der Waals surface area contributed by atoms with Gasteiger partial charge in [0.2, 0.25) is 0 Å². The van der Waals surface area contributed by atoms with Crippen molar-refractivity contribution in [3.8, 4) is 0 Å². The van der Waals surface area contributed by atoms with E-state index in [4.69, 9.17) is 4.74 Å². The zero-order valence-electron chi connectivity index (χ0n) is 10.9. The number of nitrogens with one attached hydrogen (secondary N) is 1. The molecule has 2 nitrogen and oxygen atoms in total. The second-order valence-corrected chi connectivity index (χ2v) is 4.39.